The summed E-state index contributed by atoms with van der Waals surface area (Å²) in [7, 11) is -1.31. The van der Waals surface area contributed by atoms with Gasteiger partial charge in [-0.1, -0.05) is 6.07 Å². The maximum atomic E-state index is 13.0. The van der Waals surface area contributed by atoms with Crippen molar-refractivity contribution in [3.05, 3.63) is 24.3 Å². The van der Waals surface area contributed by atoms with Crippen molar-refractivity contribution in [2.45, 2.75) is 31.1 Å². The number of ether oxygens (including phenoxy) is 1. The molecule has 2 aliphatic heterocycles. The number of benzene rings is 1. The number of piperidine rings is 1. The minimum atomic E-state index is -3.44. The van der Waals surface area contributed by atoms with E-state index in [1.54, 1.807) is 28.6 Å². The van der Waals surface area contributed by atoms with Crippen LogP contribution in [0.3, 0.4) is 0 Å². The second-order valence-corrected chi connectivity index (χ2v) is 8.78. The Hall–Kier alpha value is -1.11. The third-order valence-corrected chi connectivity index (χ3v) is 6.85. The minimum absolute atomic E-state index is 0.137. The van der Waals surface area contributed by atoms with Crippen molar-refractivity contribution in [3.8, 4) is 5.75 Å². The Morgan fingerprint density at radius 1 is 1.22 bits per heavy atom. The maximum Gasteiger partial charge on any atom is 0.243 e. The van der Waals surface area contributed by atoms with E-state index in [-0.39, 0.29) is 5.41 Å². The number of nitrogens with zero attached hydrogens (tertiary/aromatic N) is 2. The lowest BCUT2D eigenvalue weighted by Crippen LogP contribution is -2.43. The van der Waals surface area contributed by atoms with Gasteiger partial charge in [-0.3, -0.25) is 0 Å². The highest BCUT2D eigenvalue weighted by Crippen LogP contribution is 2.40. The van der Waals surface area contributed by atoms with Gasteiger partial charge in [0.05, 0.1) is 11.5 Å². The zero-order valence-corrected chi connectivity index (χ0v) is 14.8. The molecule has 0 radical (unpaired) electrons. The van der Waals surface area contributed by atoms with Crippen LogP contribution in [0.1, 0.15) is 26.2 Å². The number of likely N-dealkylation sites (tertiary alicyclic amines) is 1. The summed E-state index contributed by atoms with van der Waals surface area (Å²) >= 11 is 0. The lowest BCUT2D eigenvalue weighted by atomic mass is 9.79. The molecule has 1 atom stereocenters. The molecule has 0 N–H and O–H groups in total. The van der Waals surface area contributed by atoms with Gasteiger partial charge >= 0.3 is 0 Å². The van der Waals surface area contributed by atoms with Crippen molar-refractivity contribution in [3.63, 3.8) is 0 Å². The Kier molecular flexibility index (Phi) is 4.67. The van der Waals surface area contributed by atoms with Crippen LogP contribution in [-0.4, -0.2) is 57.5 Å². The summed E-state index contributed by atoms with van der Waals surface area (Å²) in [6, 6.07) is 6.84. The summed E-state index contributed by atoms with van der Waals surface area (Å²) < 4.78 is 33.0. The number of rotatable bonds is 4. The standard InChI is InChI=1S/C17H26N2O3S/c1-3-22-15-6-4-7-16(12-15)23(20,21)19-11-9-17(14-19)8-5-10-18(2)13-17/h4,6-7,12H,3,5,8-11,13-14H2,1-2H3. The van der Waals surface area contributed by atoms with E-state index in [9.17, 15) is 8.42 Å². The van der Waals surface area contributed by atoms with Crippen molar-refractivity contribution in [1.29, 1.82) is 0 Å². The average molecular weight is 338 g/mol. The fourth-order valence-corrected chi connectivity index (χ4v) is 5.52. The van der Waals surface area contributed by atoms with Crippen molar-refractivity contribution >= 4 is 10.0 Å². The van der Waals surface area contributed by atoms with E-state index in [0.717, 1.165) is 32.4 Å². The van der Waals surface area contributed by atoms with Gasteiger partial charge < -0.3 is 9.64 Å². The van der Waals surface area contributed by atoms with Gasteiger partial charge in [0.1, 0.15) is 5.75 Å². The first-order valence-electron chi connectivity index (χ1n) is 8.37. The highest BCUT2D eigenvalue weighted by atomic mass is 32.2. The Balaban J connectivity index is 1.80. The number of sulfonamides is 1. The number of hydrogen-bond acceptors (Lipinski definition) is 4. The van der Waals surface area contributed by atoms with Crippen LogP contribution in [0.2, 0.25) is 0 Å². The van der Waals surface area contributed by atoms with E-state index in [1.807, 2.05) is 6.92 Å². The topological polar surface area (TPSA) is 49.9 Å². The highest BCUT2D eigenvalue weighted by molar-refractivity contribution is 7.89. The van der Waals surface area contributed by atoms with E-state index in [1.165, 1.54) is 0 Å². The van der Waals surface area contributed by atoms with Crippen molar-refractivity contribution in [2.75, 3.05) is 39.8 Å². The van der Waals surface area contributed by atoms with E-state index in [2.05, 4.69) is 11.9 Å². The van der Waals surface area contributed by atoms with Crippen LogP contribution in [0.4, 0.5) is 0 Å². The van der Waals surface area contributed by atoms with Crippen LogP contribution >= 0.6 is 0 Å². The molecule has 23 heavy (non-hydrogen) atoms. The third kappa shape index (κ3) is 3.39. The zero-order chi connectivity index (χ0) is 16.5. The monoisotopic (exact) mass is 338 g/mol. The molecule has 0 bridgehead atoms. The van der Waals surface area contributed by atoms with Gasteiger partial charge in [0.15, 0.2) is 0 Å². The molecule has 6 heteroatoms. The van der Waals surface area contributed by atoms with E-state index in [4.69, 9.17) is 4.74 Å². The molecule has 2 fully saturated rings. The maximum absolute atomic E-state index is 13.0. The van der Waals surface area contributed by atoms with Gasteiger partial charge in [-0.25, -0.2) is 8.42 Å². The predicted octanol–water partition coefficient (Wildman–Crippen LogP) is 2.19. The van der Waals surface area contributed by atoms with Crippen molar-refractivity contribution < 1.29 is 13.2 Å². The molecule has 3 rings (SSSR count). The molecule has 0 amide bonds. The molecule has 5 nitrogen and oxygen atoms in total. The highest BCUT2D eigenvalue weighted by Gasteiger charge is 2.44. The summed E-state index contributed by atoms with van der Waals surface area (Å²) in [6.07, 6.45) is 3.24. The van der Waals surface area contributed by atoms with Crippen molar-refractivity contribution in [2.24, 2.45) is 5.41 Å². The van der Waals surface area contributed by atoms with Crippen molar-refractivity contribution in [1.82, 2.24) is 9.21 Å². The zero-order valence-electron chi connectivity index (χ0n) is 14.0. The van der Waals surface area contributed by atoms with E-state index < -0.39 is 10.0 Å². The van der Waals surface area contributed by atoms with Gasteiger partial charge in [0.2, 0.25) is 10.0 Å². The molecule has 1 aromatic rings. The first-order valence-corrected chi connectivity index (χ1v) is 9.81. The molecule has 1 unspecified atom stereocenters. The lowest BCUT2D eigenvalue weighted by Gasteiger charge is -2.38. The van der Waals surface area contributed by atoms with Crippen LogP contribution in [-0.2, 0) is 10.0 Å². The molecule has 0 saturated carbocycles. The molecule has 1 spiro atoms. The summed E-state index contributed by atoms with van der Waals surface area (Å²) in [5, 5.41) is 0. The lowest BCUT2D eigenvalue weighted by molar-refractivity contribution is 0.121. The fraction of sp³-hybridized carbons (Fsp3) is 0.647. The second-order valence-electron chi connectivity index (χ2n) is 6.84. The van der Waals surface area contributed by atoms with Gasteiger partial charge in [0.25, 0.3) is 0 Å². The molecule has 2 heterocycles. The molecule has 2 saturated heterocycles. The molecule has 128 valence electrons. The van der Waals surface area contributed by atoms with E-state index in [0.29, 0.717) is 30.3 Å². The van der Waals surface area contributed by atoms with Crippen LogP contribution in [0, 0.1) is 5.41 Å². The molecular formula is C17H26N2O3S. The smallest absolute Gasteiger partial charge is 0.243 e. The molecule has 2 aliphatic rings. The second kappa shape index (κ2) is 6.42. The van der Waals surface area contributed by atoms with Gasteiger partial charge in [-0.05, 0) is 57.3 Å². The quantitative estimate of drug-likeness (QED) is 0.844. The first-order chi connectivity index (χ1) is 11.0. The Morgan fingerprint density at radius 3 is 2.78 bits per heavy atom. The summed E-state index contributed by atoms with van der Waals surface area (Å²) in [6.45, 7) is 5.80. The predicted molar refractivity (Wildman–Crippen MR) is 90.2 cm³/mol. The largest absolute Gasteiger partial charge is 0.494 e. The SMILES string of the molecule is CCOc1cccc(S(=O)(=O)N2CCC3(CCCN(C)C3)C2)c1. The van der Waals surface area contributed by atoms with Gasteiger partial charge in [-0.2, -0.15) is 4.31 Å². The minimum Gasteiger partial charge on any atom is -0.494 e. The molecular weight excluding hydrogens is 312 g/mol. The van der Waals surface area contributed by atoms with Crippen LogP contribution in [0.5, 0.6) is 5.75 Å². The van der Waals surface area contributed by atoms with Gasteiger partial charge in [0, 0.05) is 25.7 Å². The molecule has 1 aromatic carbocycles. The summed E-state index contributed by atoms with van der Waals surface area (Å²) in [4.78, 5) is 2.67. The van der Waals surface area contributed by atoms with Crippen LogP contribution < -0.4 is 4.74 Å². The Bertz CT molecular complexity index is 662. The molecule has 0 aromatic heterocycles. The first kappa shape index (κ1) is 16.7. The van der Waals surface area contributed by atoms with E-state index >= 15 is 0 Å². The average Bonchev–Trinajstić information content (AvgIpc) is 2.92. The summed E-state index contributed by atoms with van der Waals surface area (Å²) in [5.74, 6) is 0.611. The summed E-state index contributed by atoms with van der Waals surface area (Å²) in [5.41, 5.74) is 0.137. The van der Waals surface area contributed by atoms with Crippen LogP contribution in [0.15, 0.2) is 29.2 Å². The van der Waals surface area contributed by atoms with Crippen LogP contribution in [0.25, 0.3) is 0 Å². The van der Waals surface area contributed by atoms with Gasteiger partial charge in [-0.15, -0.1) is 0 Å². The fourth-order valence-electron chi connectivity index (χ4n) is 3.93. The normalized spacial score (nSPS) is 26.7. The number of hydrogen-bond donors (Lipinski definition) is 0. The third-order valence-electron chi connectivity index (χ3n) is 5.01. The Morgan fingerprint density at radius 2 is 2.04 bits per heavy atom. The Labute approximate surface area is 139 Å². The molecule has 0 aliphatic carbocycles.